The number of nitrogens with zero attached hydrogens (tertiary/aromatic N) is 2. The second kappa shape index (κ2) is 12.0. The van der Waals surface area contributed by atoms with Gasteiger partial charge in [0.05, 0.1) is 12.6 Å². The number of carbonyl (C=O) groups excluding carboxylic acids is 2. The first-order chi connectivity index (χ1) is 15.5. The number of benzene rings is 1. The van der Waals surface area contributed by atoms with E-state index in [1.54, 1.807) is 23.3 Å². The molecule has 0 spiro atoms. The lowest BCUT2D eigenvalue weighted by Crippen LogP contribution is -2.48. The van der Waals surface area contributed by atoms with E-state index in [2.05, 4.69) is 11.4 Å². The fourth-order valence-electron chi connectivity index (χ4n) is 3.99. The number of thiophene rings is 1. The summed E-state index contributed by atoms with van der Waals surface area (Å²) in [6, 6.07) is 11.6. The summed E-state index contributed by atoms with van der Waals surface area (Å²) < 4.78 is 11.2. The Morgan fingerprint density at radius 3 is 2.72 bits per heavy atom. The quantitative estimate of drug-likeness (QED) is 0.475. The average Bonchev–Trinajstić information content (AvgIpc) is 3.26. The van der Waals surface area contributed by atoms with Crippen molar-refractivity contribution < 1.29 is 19.1 Å². The van der Waals surface area contributed by atoms with E-state index in [1.165, 1.54) is 4.88 Å². The van der Waals surface area contributed by atoms with E-state index >= 15 is 0 Å². The Hall–Kier alpha value is -2.38. The molecule has 0 saturated carbocycles. The molecule has 0 saturated heterocycles. The molecule has 1 aliphatic heterocycles. The van der Waals surface area contributed by atoms with Crippen LogP contribution < -0.4 is 4.74 Å². The Morgan fingerprint density at radius 1 is 1.22 bits per heavy atom. The Morgan fingerprint density at radius 2 is 2.00 bits per heavy atom. The van der Waals surface area contributed by atoms with Gasteiger partial charge < -0.3 is 19.3 Å². The van der Waals surface area contributed by atoms with E-state index in [-0.39, 0.29) is 30.3 Å². The number of hydrogen-bond acceptors (Lipinski definition) is 5. The number of carbonyl (C=O) groups is 2. The molecule has 174 valence electrons. The first kappa shape index (κ1) is 24.3. The topological polar surface area (TPSA) is 59.1 Å². The largest absolute Gasteiger partial charge is 0.491 e. The molecule has 0 N–H and O–H groups in total. The maximum Gasteiger partial charge on any atom is 0.242 e. The third kappa shape index (κ3) is 6.56. The van der Waals surface area contributed by atoms with Crippen LogP contribution in [0.3, 0.4) is 0 Å². The normalized spacial score (nSPS) is 15.5. The van der Waals surface area contributed by atoms with Crippen molar-refractivity contribution in [3.8, 4) is 5.75 Å². The third-order valence-electron chi connectivity index (χ3n) is 5.60. The summed E-state index contributed by atoms with van der Waals surface area (Å²) in [5, 5.41) is 2.08. The van der Waals surface area contributed by atoms with Crippen molar-refractivity contribution in [3.63, 3.8) is 0 Å². The number of ether oxygens (including phenoxy) is 2. The Bertz CT molecular complexity index is 868. The maximum absolute atomic E-state index is 13.4. The second-order valence-electron chi connectivity index (χ2n) is 8.54. The van der Waals surface area contributed by atoms with Gasteiger partial charge in [0, 0.05) is 38.1 Å². The van der Waals surface area contributed by atoms with Crippen LogP contribution in [0.2, 0.25) is 0 Å². The first-order valence-electron chi connectivity index (χ1n) is 11.3. The van der Waals surface area contributed by atoms with Gasteiger partial charge in [0.15, 0.2) is 0 Å². The molecule has 0 fully saturated rings. The number of methoxy groups -OCH3 is 1. The number of hydrogen-bond donors (Lipinski definition) is 0. The van der Waals surface area contributed by atoms with E-state index in [0.717, 1.165) is 17.7 Å². The molecule has 2 amide bonds. The average molecular weight is 459 g/mol. The second-order valence-corrected chi connectivity index (χ2v) is 9.54. The molecule has 1 unspecified atom stereocenters. The zero-order chi connectivity index (χ0) is 22.9. The molecule has 2 aromatic rings. The highest BCUT2D eigenvalue weighted by molar-refractivity contribution is 7.10. The van der Waals surface area contributed by atoms with E-state index in [0.29, 0.717) is 39.1 Å². The van der Waals surface area contributed by atoms with Crippen LogP contribution in [0.25, 0.3) is 0 Å². The molecule has 1 aromatic carbocycles. The molecule has 3 rings (SSSR count). The van der Waals surface area contributed by atoms with Crippen LogP contribution in [0.15, 0.2) is 41.8 Å². The zero-order valence-electron chi connectivity index (χ0n) is 19.3. The molecular weight excluding hydrogens is 424 g/mol. The van der Waals surface area contributed by atoms with Gasteiger partial charge in [-0.1, -0.05) is 32.0 Å². The van der Waals surface area contributed by atoms with Crippen molar-refractivity contribution >= 4 is 23.2 Å². The van der Waals surface area contributed by atoms with Crippen molar-refractivity contribution in [3.05, 3.63) is 52.2 Å². The molecule has 1 aliphatic rings. The van der Waals surface area contributed by atoms with Crippen molar-refractivity contribution in [2.45, 2.75) is 39.2 Å². The summed E-state index contributed by atoms with van der Waals surface area (Å²) in [4.78, 5) is 31.1. The molecule has 6 nitrogen and oxygen atoms in total. The Labute approximate surface area is 195 Å². The minimum absolute atomic E-state index is 0.0229. The van der Waals surface area contributed by atoms with E-state index in [1.807, 2.05) is 49.1 Å². The molecule has 0 bridgehead atoms. The van der Waals surface area contributed by atoms with Crippen LogP contribution >= 0.6 is 11.3 Å². The monoisotopic (exact) mass is 458 g/mol. The van der Waals surface area contributed by atoms with Crippen LogP contribution in [-0.4, -0.2) is 61.6 Å². The highest BCUT2D eigenvalue weighted by Gasteiger charge is 2.33. The van der Waals surface area contributed by atoms with Gasteiger partial charge in [0.2, 0.25) is 11.8 Å². The summed E-state index contributed by atoms with van der Waals surface area (Å²) in [6.07, 6.45) is 1.99. The Kier molecular flexibility index (Phi) is 9.11. The van der Waals surface area contributed by atoms with Gasteiger partial charge in [-0.2, -0.15) is 0 Å². The minimum atomic E-state index is -0.154. The number of amides is 2. The molecule has 2 heterocycles. The molecule has 0 aliphatic carbocycles. The lowest BCUT2D eigenvalue weighted by molar-refractivity contribution is -0.143. The smallest absolute Gasteiger partial charge is 0.242 e. The summed E-state index contributed by atoms with van der Waals surface area (Å²) in [7, 11) is 1.65. The SMILES string of the molecule is COCCCN(CC(=O)N1CCc2sccc2C1COc1ccccc1)C(=O)CC(C)C. The zero-order valence-corrected chi connectivity index (χ0v) is 20.1. The molecule has 7 heteroatoms. The van der Waals surface area contributed by atoms with Gasteiger partial charge >= 0.3 is 0 Å². The fourth-order valence-corrected chi connectivity index (χ4v) is 4.92. The molecule has 0 radical (unpaired) electrons. The summed E-state index contributed by atoms with van der Waals surface area (Å²) in [5.74, 6) is 1.03. The van der Waals surface area contributed by atoms with Gasteiger partial charge in [0.1, 0.15) is 12.4 Å². The number of rotatable bonds is 11. The van der Waals surface area contributed by atoms with E-state index < -0.39 is 0 Å². The fraction of sp³-hybridized carbons (Fsp3) is 0.520. The molecule has 32 heavy (non-hydrogen) atoms. The summed E-state index contributed by atoms with van der Waals surface area (Å²) in [5.41, 5.74) is 1.16. The molecule has 1 atom stereocenters. The van der Waals surface area contributed by atoms with Gasteiger partial charge in [-0.25, -0.2) is 0 Å². The van der Waals surface area contributed by atoms with Crippen LogP contribution in [-0.2, 0) is 20.7 Å². The molecule has 1 aromatic heterocycles. The van der Waals surface area contributed by atoms with E-state index in [9.17, 15) is 9.59 Å². The van der Waals surface area contributed by atoms with Gasteiger partial charge in [0.25, 0.3) is 0 Å². The van der Waals surface area contributed by atoms with Gasteiger partial charge in [-0.3, -0.25) is 9.59 Å². The van der Waals surface area contributed by atoms with Crippen LogP contribution in [0.1, 0.15) is 43.2 Å². The van der Waals surface area contributed by atoms with E-state index in [4.69, 9.17) is 9.47 Å². The van der Waals surface area contributed by atoms with Crippen LogP contribution in [0.4, 0.5) is 0 Å². The predicted molar refractivity (Wildman–Crippen MR) is 127 cm³/mol. The summed E-state index contributed by atoms with van der Waals surface area (Å²) in [6.45, 7) is 6.25. The van der Waals surface area contributed by atoms with Gasteiger partial charge in [-0.05, 0) is 47.9 Å². The van der Waals surface area contributed by atoms with Crippen molar-refractivity contribution in [2.75, 3.05) is 40.0 Å². The van der Waals surface area contributed by atoms with Crippen molar-refractivity contribution in [2.24, 2.45) is 5.92 Å². The van der Waals surface area contributed by atoms with Crippen molar-refractivity contribution in [1.82, 2.24) is 9.80 Å². The minimum Gasteiger partial charge on any atom is -0.491 e. The standard InChI is InChI=1S/C25H34N2O4S/c1-19(2)16-24(28)26(12-7-14-30-3)17-25(29)27-13-10-23-21(11-15-32-23)22(27)18-31-20-8-5-4-6-9-20/h4-6,8-9,11,15,19,22H,7,10,12-14,16-18H2,1-3H3. The highest BCUT2D eigenvalue weighted by Crippen LogP contribution is 2.34. The Balaban J connectivity index is 1.72. The first-order valence-corrected chi connectivity index (χ1v) is 12.2. The van der Waals surface area contributed by atoms with Crippen molar-refractivity contribution in [1.29, 1.82) is 0 Å². The number of fused-ring (bicyclic) bond motifs is 1. The molecular formula is C25H34N2O4S. The van der Waals surface area contributed by atoms with Gasteiger partial charge in [-0.15, -0.1) is 11.3 Å². The van der Waals surface area contributed by atoms with Crippen LogP contribution in [0.5, 0.6) is 5.75 Å². The third-order valence-corrected chi connectivity index (χ3v) is 6.60. The van der Waals surface area contributed by atoms with Crippen LogP contribution in [0, 0.1) is 5.92 Å². The highest BCUT2D eigenvalue weighted by atomic mass is 32.1. The summed E-state index contributed by atoms with van der Waals surface area (Å²) >= 11 is 1.73. The predicted octanol–water partition coefficient (Wildman–Crippen LogP) is 4.16. The number of para-hydroxylation sites is 1. The maximum atomic E-state index is 13.4. The lowest BCUT2D eigenvalue weighted by atomic mass is 10.00. The lowest BCUT2D eigenvalue weighted by Gasteiger charge is -2.37.